The topological polar surface area (TPSA) is 52.2 Å². The molecule has 0 bridgehead atoms. The minimum atomic E-state index is 0.0145. The predicted octanol–water partition coefficient (Wildman–Crippen LogP) is 2.19. The number of aryl methyl sites for hydroxylation is 1. The molecule has 4 rings (SSSR count). The van der Waals surface area contributed by atoms with Crippen molar-refractivity contribution in [1.82, 2.24) is 19.2 Å². The van der Waals surface area contributed by atoms with Crippen molar-refractivity contribution in [3.63, 3.8) is 0 Å². The van der Waals surface area contributed by atoms with Crippen LogP contribution in [-0.4, -0.2) is 19.2 Å². The third kappa shape index (κ3) is 1.65. The lowest BCUT2D eigenvalue weighted by Gasteiger charge is -2.17. The van der Waals surface area contributed by atoms with Gasteiger partial charge in [-0.25, -0.2) is 0 Å². The first kappa shape index (κ1) is 12.1. The third-order valence-corrected chi connectivity index (χ3v) is 4.97. The van der Waals surface area contributed by atoms with Gasteiger partial charge in [0, 0.05) is 23.9 Å². The standard InChI is InChI=1S/C15H20N4O/c1-9-10(2)19-12(11-4-5-11)16-17-13(19)14(20)18(9)8-15(3)6-7-15/h11H,4-8H2,1-3H3. The number of nitrogens with zero attached hydrogens (tertiary/aromatic N) is 4. The third-order valence-electron chi connectivity index (χ3n) is 4.97. The molecule has 2 aromatic rings. The number of hydrogen-bond acceptors (Lipinski definition) is 3. The minimum absolute atomic E-state index is 0.0145. The second kappa shape index (κ2) is 3.71. The first-order valence-corrected chi connectivity index (χ1v) is 7.45. The van der Waals surface area contributed by atoms with E-state index in [1.54, 1.807) is 0 Å². The molecule has 0 atom stereocenters. The van der Waals surface area contributed by atoms with E-state index < -0.39 is 0 Å². The van der Waals surface area contributed by atoms with Crippen LogP contribution in [0.3, 0.4) is 0 Å². The molecule has 0 N–H and O–H groups in total. The van der Waals surface area contributed by atoms with Crippen LogP contribution >= 0.6 is 0 Å². The van der Waals surface area contributed by atoms with Crippen molar-refractivity contribution in [3.8, 4) is 0 Å². The Morgan fingerprint density at radius 3 is 2.50 bits per heavy atom. The largest absolute Gasteiger partial charge is 0.307 e. The Balaban J connectivity index is 1.95. The molecular formula is C15H20N4O. The summed E-state index contributed by atoms with van der Waals surface area (Å²) in [6.45, 7) is 7.17. The molecule has 2 aliphatic rings. The quantitative estimate of drug-likeness (QED) is 0.860. The zero-order valence-corrected chi connectivity index (χ0v) is 12.3. The molecule has 2 aromatic heterocycles. The van der Waals surface area contributed by atoms with Crippen LogP contribution in [0, 0.1) is 19.3 Å². The van der Waals surface area contributed by atoms with Crippen LogP contribution in [0.5, 0.6) is 0 Å². The van der Waals surface area contributed by atoms with E-state index >= 15 is 0 Å². The summed E-state index contributed by atoms with van der Waals surface area (Å²) in [5.41, 5.74) is 2.98. The van der Waals surface area contributed by atoms with Gasteiger partial charge in [0.15, 0.2) is 0 Å². The molecule has 0 radical (unpaired) electrons. The number of hydrogen-bond donors (Lipinski definition) is 0. The fraction of sp³-hybridized carbons (Fsp3) is 0.667. The Morgan fingerprint density at radius 1 is 1.20 bits per heavy atom. The highest BCUT2D eigenvalue weighted by molar-refractivity contribution is 5.40. The zero-order chi connectivity index (χ0) is 14.1. The molecule has 5 heteroatoms. The maximum absolute atomic E-state index is 12.7. The molecule has 0 saturated heterocycles. The van der Waals surface area contributed by atoms with Crippen molar-refractivity contribution in [2.45, 2.75) is 58.9 Å². The highest BCUT2D eigenvalue weighted by atomic mass is 16.1. The van der Waals surface area contributed by atoms with Gasteiger partial charge in [0.1, 0.15) is 5.82 Å². The highest BCUT2D eigenvalue weighted by Crippen LogP contribution is 2.46. The summed E-state index contributed by atoms with van der Waals surface area (Å²) in [5.74, 6) is 1.47. The summed E-state index contributed by atoms with van der Waals surface area (Å²) in [6.07, 6.45) is 4.76. The molecule has 106 valence electrons. The first-order chi connectivity index (χ1) is 9.50. The summed E-state index contributed by atoms with van der Waals surface area (Å²) in [6, 6.07) is 0. The number of aromatic nitrogens is 4. The van der Waals surface area contributed by atoms with E-state index in [1.807, 2.05) is 15.9 Å². The van der Waals surface area contributed by atoms with Crippen LogP contribution < -0.4 is 5.56 Å². The molecule has 2 heterocycles. The van der Waals surface area contributed by atoms with Crippen molar-refractivity contribution in [3.05, 3.63) is 27.6 Å². The van der Waals surface area contributed by atoms with Gasteiger partial charge < -0.3 is 4.57 Å². The molecule has 2 saturated carbocycles. The smallest absolute Gasteiger partial charge is 0.296 e. The van der Waals surface area contributed by atoms with Crippen LogP contribution in [0.1, 0.15) is 55.7 Å². The van der Waals surface area contributed by atoms with Crippen LogP contribution in [0.2, 0.25) is 0 Å². The van der Waals surface area contributed by atoms with Gasteiger partial charge in [0.25, 0.3) is 5.56 Å². The van der Waals surface area contributed by atoms with Gasteiger partial charge in [-0.2, -0.15) is 0 Å². The van der Waals surface area contributed by atoms with Gasteiger partial charge >= 0.3 is 0 Å². The van der Waals surface area contributed by atoms with Crippen LogP contribution in [0.25, 0.3) is 5.65 Å². The van der Waals surface area contributed by atoms with Crippen molar-refractivity contribution in [2.75, 3.05) is 0 Å². The van der Waals surface area contributed by atoms with E-state index in [9.17, 15) is 4.79 Å². The number of fused-ring (bicyclic) bond motifs is 1. The lowest BCUT2D eigenvalue weighted by molar-refractivity contribution is 0.446. The molecule has 2 fully saturated rings. The maximum atomic E-state index is 12.7. The van der Waals surface area contributed by atoms with Crippen molar-refractivity contribution < 1.29 is 0 Å². The fourth-order valence-electron chi connectivity index (χ4n) is 2.95. The summed E-state index contributed by atoms with van der Waals surface area (Å²) in [7, 11) is 0. The molecule has 0 spiro atoms. The second-order valence-corrected chi connectivity index (χ2v) is 6.86. The Hall–Kier alpha value is -1.65. The SMILES string of the molecule is Cc1c(C)n2c(C3CC3)nnc2c(=O)n1CC1(C)CC1. The molecule has 20 heavy (non-hydrogen) atoms. The van der Waals surface area contributed by atoms with Crippen LogP contribution in [0.4, 0.5) is 0 Å². The molecule has 0 aliphatic heterocycles. The Kier molecular flexibility index (Phi) is 2.25. The maximum Gasteiger partial charge on any atom is 0.296 e. The molecular weight excluding hydrogens is 252 g/mol. The molecule has 0 aromatic carbocycles. The van der Waals surface area contributed by atoms with Crippen LogP contribution in [0.15, 0.2) is 4.79 Å². The van der Waals surface area contributed by atoms with E-state index in [2.05, 4.69) is 24.0 Å². The summed E-state index contributed by atoms with van der Waals surface area (Å²) < 4.78 is 3.89. The fourth-order valence-corrected chi connectivity index (χ4v) is 2.95. The van der Waals surface area contributed by atoms with Crippen molar-refractivity contribution >= 4 is 5.65 Å². The van der Waals surface area contributed by atoms with E-state index in [4.69, 9.17) is 0 Å². The number of rotatable bonds is 3. The first-order valence-electron chi connectivity index (χ1n) is 7.45. The lowest BCUT2D eigenvalue weighted by atomic mass is 10.1. The van der Waals surface area contributed by atoms with E-state index in [0.717, 1.165) is 23.8 Å². The average Bonchev–Trinajstić information content (AvgIpc) is 3.34. The van der Waals surface area contributed by atoms with E-state index in [-0.39, 0.29) is 5.56 Å². The monoisotopic (exact) mass is 272 g/mol. The Morgan fingerprint density at radius 2 is 1.90 bits per heavy atom. The van der Waals surface area contributed by atoms with Gasteiger partial charge in [-0.15, -0.1) is 10.2 Å². The molecule has 5 nitrogen and oxygen atoms in total. The normalized spacial score (nSPS) is 20.6. The van der Waals surface area contributed by atoms with Gasteiger partial charge in [0.05, 0.1) is 0 Å². The van der Waals surface area contributed by atoms with E-state index in [1.165, 1.54) is 25.7 Å². The van der Waals surface area contributed by atoms with Crippen molar-refractivity contribution in [2.24, 2.45) is 5.41 Å². The van der Waals surface area contributed by atoms with Gasteiger partial charge in [-0.3, -0.25) is 9.20 Å². The van der Waals surface area contributed by atoms with Gasteiger partial charge in [0.2, 0.25) is 5.65 Å². The molecule has 0 amide bonds. The predicted molar refractivity (Wildman–Crippen MR) is 76.0 cm³/mol. The lowest BCUT2D eigenvalue weighted by Crippen LogP contribution is -2.29. The Labute approximate surface area is 117 Å². The van der Waals surface area contributed by atoms with Gasteiger partial charge in [-0.1, -0.05) is 6.92 Å². The summed E-state index contributed by atoms with van der Waals surface area (Å²) in [5, 5.41) is 8.45. The average molecular weight is 272 g/mol. The van der Waals surface area contributed by atoms with Gasteiger partial charge in [-0.05, 0) is 44.9 Å². The zero-order valence-electron chi connectivity index (χ0n) is 12.3. The van der Waals surface area contributed by atoms with Crippen LogP contribution in [-0.2, 0) is 6.54 Å². The Bertz CT molecular complexity index is 762. The minimum Gasteiger partial charge on any atom is -0.307 e. The molecule has 2 aliphatic carbocycles. The summed E-state index contributed by atoms with van der Waals surface area (Å²) >= 11 is 0. The van der Waals surface area contributed by atoms with Crippen molar-refractivity contribution in [1.29, 1.82) is 0 Å². The molecule has 0 unspecified atom stereocenters. The second-order valence-electron chi connectivity index (χ2n) is 6.86. The summed E-state index contributed by atoms with van der Waals surface area (Å²) in [4.78, 5) is 12.7. The van der Waals surface area contributed by atoms with E-state index in [0.29, 0.717) is 17.0 Å². The highest BCUT2D eigenvalue weighted by Gasteiger charge is 2.38.